The van der Waals surface area contributed by atoms with E-state index in [0.717, 1.165) is 4.88 Å². The molecule has 0 saturated heterocycles. The van der Waals surface area contributed by atoms with Crippen molar-refractivity contribution in [2.24, 2.45) is 0 Å². The molecule has 17 heavy (non-hydrogen) atoms. The van der Waals surface area contributed by atoms with Crippen LogP contribution in [0.4, 0.5) is 5.95 Å². The van der Waals surface area contributed by atoms with Crippen molar-refractivity contribution in [2.45, 2.75) is 13.3 Å². The van der Waals surface area contributed by atoms with Gasteiger partial charge in [0.15, 0.2) is 0 Å². The third kappa shape index (κ3) is 3.28. The van der Waals surface area contributed by atoms with Crippen LogP contribution in [0.1, 0.15) is 11.8 Å². The first-order valence-electron chi connectivity index (χ1n) is 5.15. The molecule has 0 unspecified atom stereocenters. The van der Waals surface area contributed by atoms with E-state index in [0.29, 0.717) is 19.0 Å². The minimum atomic E-state index is -0.133. The van der Waals surface area contributed by atoms with E-state index in [-0.39, 0.29) is 11.9 Å². The SMILES string of the molecule is CCOc1n[nH]c(NC(=O)Cc2cccs2)n1. The minimum Gasteiger partial charge on any atom is -0.463 e. The first-order chi connectivity index (χ1) is 8.28. The molecule has 0 aromatic carbocycles. The van der Waals surface area contributed by atoms with Crippen LogP contribution in [-0.4, -0.2) is 27.7 Å². The second kappa shape index (κ2) is 5.44. The molecule has 1 amide bonds. The van der Waals surface area contributed by atoms with Crippen molar-refractivity contribution < 1.29 is 9.53 Å². The monoisotopic (exact) mass is 252 g/mol. The van der Waals surface area contributed by atoms with E-state index < -0.39 is 0 Å². The quantitative estimate of drug-likeness (QED) is 0.844. The first kappa shape index (κ1) is 11.6. The van der Waals surface area contributed by atoms with Crippen molar-refractivity contribution >= 4 is 23.2 Å². The second-order valence-corrected chi connectivity index (χ2v) is 4.24. The Labute approximate surface area is 102 Å². The summed E-state index contributed by atoms with van der Waals surface area (Å²) in [6.07, 6.45) is 0.336. The molecule has 0 bridgehead atoms. The molecule has 7 heteroatoms. The van der Waals surface area contributed by atoms with Crippen LogP contribution in [0.5, 0.6) is 6.01 Å². The maximum Gasteiger partial charge on any atom is 0.337 e. The van der Waals surface area contributed by atoms with Crippen LogP contribution in [-0.2, 0) is 11.2 Å². The molecular formula is C10H12N4O2S. The fraction of sp³-hybridized carbons (Fsp3) is 0.300. The summed E-state index contributed by atoms with van der Waals surface area (Å²) in [6.45, 7) is 2.33. The van der Waals surface area contributed by atoms with Gasteiger partial charge in [-0.15, -0.1) is 16.4 Å². The highest BCUT2D eigenvalue weighted by atomic mass is 32.1. The Balaban J connectivity index is 1.89. The van der Waals surface area contributed by atoms with Crippen molar-refractivity contribution in [1.29, 1.82) is 0 Å². The summed E-state index contributed by atoms with van der Waals surface area (Å²) in [6, 6.07) is 4.06. The third-order valence-corrected chi connectivity index (χ3v) is 2.79. The molecule has 0 saturated carbocycles. The predicted molar refractivity (Wildman–Crippen MR) is 64.2 cm³/mol. The van der Waals surface area contributed by atoms with Crippen LogP contribution in [0.15, 0.2) is 17.5 Å². The lowest BCUT2D eigenvalue weighted by molar-refractivity contribution is -0.115. The molecule has 0 aliphatic carbocycles. The zero-order valence-electron chi connectivity index (χ0n) is 9.27. The minimum absolute atomic E-state index is 0.133. The van der Waals surface area contributed by atoms with E-state index in [9.17, 15) is 4.79 Å². The van der Waals surface area contributed by atoms with Gasteiger partial charge in [-0.3, -0.25) is 10.1 Å². The van der Waals surface area contributed by atoms with E-state index in [1.54, 1.807) is 11.3 Å². The average molecular weight is 252 g/mol. The van der Waals surface area contributed by atoms with Gasteiger partial charge < -0.3 is 4.74 Å². The Morgan fingerprint density at radius 1 is 1.65 bits per heavy atom. The number of aromatic nitrogens is 3. The fourth-order valence-corrected chi connectivity index (χ4v) is 1.95. The number of aromatic amines is 1. The van der Waals surface area contributed by atoms with Gasteiger partial charge in [-0.1, -0.05) is 6.07 Å². The van der Waals surface area contributed by atoms with Gasteiger partial charge in [-0.05, 0) is 18.4 Å². The van der Waals surface area contributed by atoms with Crippen LogP contribution in [0.2, 0.25) is 0 Å². The Morgan fingerprint density at radius 2 is 2.53 bits per heavy atom. The highest BCUT2D eigenvalue weighted by Gasteiger charge is 2.08. The Kier molecular flexibility index (Phi) is 3.71. The molecule has 2 rings (SSSR count). The molecule has 0 aliphatic rings. The maximum absolute atomic E-state index is 11.6. The number of hydrogen-bond donors (Lipinski definition) is 2. The maximum atomic E-state index is 11.6. The molecule has 0 radical (unpaired) electrons. The van der Waals surface area contributed by atoms with Gasteiger partial charge in [0, 0.05) is 4.88 Å². The van der Waals surface area contributed by atoms with Gasteiger partial charge in [0.2, 0.25) is 11.9 Å². The number of H-pyrrole nitrogens is 1. The summed E-state index contributed by atoms with van der Waals surface area (Å²) >= 11 is 1.54. The lowest BCUT2D eigenvalue weighted by Crippen LogP contribution is -2.14. The second-order valence-electron chi connectivity index (χ2n) is 3.20. The van der Waals surface area contributed by atoms with Gasteiger partial charge >= 0.3 is 6.01 Å². The summed E-state index contributed by atoms with van der Waals surface area (Å²) in [5.74, 6) is 0.168. The molecule has 6 nitrogen and oxygen atoms in total. The van der Waals surface area contributed by atoms with E-state index in [2.05, 4.69) is 20.5 Å². The number of anilines is 1. The highest BCUT2D eigenvalue weighted by molar-refractivity contribution is 7.10. The molecule has 0 fully saturated rings. The zero-order valence-corrected chi connectivity index (χ0v) is 10.1. The number of hydrogen-bond acceptors (Lipinski definition) is 5. The van der Waals surface area contributed by atoms with Gasteiger partial charge in [0.05, 0.1) is 13.0 Å². The lowest BCUT2D eigenvalue weighted by Gasteiger charge is -1.98. The van der Waals surface area contributed by atoms with E-state index in [1.807, 2.05) is 24.4 Å². The summed E-state index contributed by atoms with van der Waals surface area (Å²) in [4.78, 5) is 16.6. The lowest BCUT2D eigenvalue weighted by atomic mass is 10.3. The van der Waals surface area contributed by atoms with Crippen molar-refractivity contribution in [3.8, 4) is 6.01 Å². The fourth-order valence-electron chi connectivity index (χ4n) is 1.24. The third-order valence-electron chi connectivity index (χ3n) is 1.91. The summed E-state index contributed by atoms with van der Waals surface area (Å²) < 4.78 is 5.07. The molecular weight excluding hydrogens is 240 g/mol. The van der Waals surface area contributed by atoms with E-state index >= 15 is 0 Å². The Hall–Kier alpha value is -1.89. The zero-order chi connectivity index (χ0) is 12.1. The summed E-state index contributed by atoms with van der Waals surface area (Å²) in [7, 11) is 0. The van der Waals surface area contributed by atoms with Crippen molar-refractivity contribution in [3.63, 3.8) is 0 Å². The number of nitrogens with zero attached hydrogens (tertiary/aromatic N) is 2. The van der Waals surface area contributed by atoms with Gasteiger partial charge in [-0.2, -0.15) is 4.98 Å². The average Bonchev–Trinajstić information content (AvgIpc) is 2.91. The van der Waals surface area contributed by atoms with Crippen LogP contribution in [0.3, 0.4) is 0 Å². The standard InChI is InChI=1S/C10H12N4O2S/c1-2-16-10-12-9(13-14-10)11-8(15)6-7-4-3-5-17-7/h3-5H,2,6H2,1H3,(H2,11,12,13,14,15). The topological polar surface area (TPSA) is 79.9 Å². The normalized spacial score (nSPS) is 10.2. The first-order valence-corrected chi connectivity index (χ1v) is 6.03. The number of thiophene rings is 1. The largest absolute Gasteiger partial charge is 0.463 e. The van der Waals surface area contributed by atoms with E-state index in [1.165, 1.54) is 0 Å². The van der Waals surface area contributed by atoms with Crippen LogP contribution >= 0.6 is 11.3 Å². The molecule has 0 spiro atoms. The number of ether oxygens (including phenoxy) is 1. The van der Waals surface area contributed by atoms with Crippen LogP contribution < -0.4 is 10.1 Å². The Bertz CT molecular complexity index is 480. The van der Waals surface area contributed by atoms with Crippen LogP contribution in [0.25, 0.3) is 0 Å². The molecule has 2 aromatic heterocycles. The molecule has 2 aromatic rings. The Morgan fingerprint density at radius 3 is 3.24 bits per heavy atom. The molecule has 0 atom stereocenters. The molecule has 2 heterocycles. The van der Waals surface area contributed by atoms with E-state index in [4.69, 9.17) is 4.74 Å². The van der Waals surface area contributed by atoms with Crippen molar-refractivity contribution in [1.82, 2.24) is 15.2 Å². The summed E-state index contributed by atoms with van der Waals surface area (Å²) in [5, 5.41) is 10.9. The number of rotatable bonds is 5. The van der Waals surface area contributed by atoms with Crippen molar-refractivity contribution in [2.75, 3.05) is 11.9 Å². The number of nitrogens with one attached hydrogen (secondary N) is 2. The smallest absolute Gasteiger partial charge is 0.337 e. The molecule has 2 N–H and O–H groups in total. The van der Waals surface area contributed by atoms with Gasteiger partial charge in [0.25, 0.3) is 0 Å². The van der Waals surface area contributed by atoms with Gasteiger partial charge in [0.1, 0.15) is 0 Å². The summed E-state index contributed by atoms with van der Waals surface area (Å²) in [5.41, 5.74) is 0. The number of amides is 1. The number of carbonyl (C=O) groups is 1. The predicted octanol–water partition coefficient (Wildman–Crippen LogP) is 1.45. The molecule has 90 valence electrons. The van der Waals surface area contributed by atoms with Crippen molar-refractivity contribution in [3.05, 3.63) is 22.4 Å². The molecule has 0 aliphatic heterocycles. The number of carbonyl (C=O) groups excluding carboxylic acids is 1. The van der Waals surface area contributed by atoms with Gasteiger partial charge in [-0.25, -0.2) is 5.10 Å². The van der Waals surface area contributed by atoms with Crippen LogP contribution in [0, 0.1) is 0 Å². The highest BCUT2D eigenvalue weighted by Crippen LogP contribution is 2.10.